The van der Waals surface area contributed by atoms with Crippen LogP contribution in [0.5, 0.6) is 0 Å². The first-order valence-electron chi connectivity index (χ1n) is 16.8. The van der Waals surface area contributed by atoms with E-state index in [0.29, 0.717) is 0 Å². The molecule has 0 saturated heterocycles. The Morgan fingerprint density at radius 1 is 0.660 bits per heavy atom. The smallest absolute Gasteiger partial charge is 0.100 e. The average molecular weight is 653 g/mol. The van der Waals surface area contributed by atoms with Crippen LogP contribution in [0, 0.1) is 10.8 Å². The van der Waals surface area contributed by atoms with Crippen LogP contribution < -0.4 is 9.80 Å². The fourth-order valence-corrected chi connectivity index (χ4v) is 8.54. The van der Waals surface area contributed by atoms with Gasteiger partial charge in [-0.3, -0.25) is 0 Å². The van der Waals surface area contributed by atoms with Gasteiger partial charge in [0, 0.05) is 37.9 Å². The Morgan fingerprint density at radius 3 is 1.79 bits per heavy atom. The van der Waals surface area contributed by atoms with Crippen LogP contribution in [0.25, 0.3) is 11.1 Å². The molecule has 2 nitrogen and oxygen atoms in total. The summed E-state index contributed by atoms with van der Waals surface area (Å²) < 4.78 is 0. The molecule has 3 aromatic carbocycles. The lowest BCUT2D eigenvalue weighted by molar-refractivity contribution is 0.228. The molecule has 2 aliphatic rings. The normalized spacial score (nSPS) is 16.9. The third kappa shape index (κ3) is 5.94. The molecule has 0 aliphatic heterocycles. The number of anilines is 5. The van der Waals surface area contributed by atoms with E-state index in [1.54, 1.807) is 0 Å². The van der Waals surface area contributed by atoms with Gasteiger partial charge in [-0.1, -0.05) is 90.1 Å². The zero-order chi connectivity index (χ0) is 32.8. The molecule has 47 heavy (non-hydrogen) atoms. The first kappa shape index (κ1) is 31.5. The van der Waals surface area contributed by atoms with Crippen molar-refractivity contribution < 1.29 is 0 Å². The third-order valence-electron chi connectivity index (χ3n) is 10.00. The van der Waals surface area contributed by atoms with E-state index in [4.69, 9.17) is 0 Å². The molecular weight excluding hydrogens is 609 g/mol. The number of hydrogen-bond acceptors (Lipinski definition) is 4. The van der Waals surface area contributed by atoms with Crippen LogP contribution in [-0.4, -0.2) is 0 Å². The van der Waals surface area contributed by atoms with Gasteiger partial charge >= 0.3 is 0 Å². The number of benzene rings is 3. The van der Waals surface area contributed by atoms with E-state index in [2.05, 4.69) is 173 Å². The van der Waals surface area contributed by atoms with Crippen molar-refractivity contribution in [3.8, 4) is 11.1 Å². The lowest BCUT2D eigenvalue weighted by Crippen LogP contribution is -2.28. The molecule has 0 radical (unpaired) electrons. The van der Waals surface area contributed by atoms with Crippen molar-refractivity contribution >= 4 is 49.7 Å². The maximum absolute atomic E-state index is 2.45. The van der Waals surface area contributed by atoms with Gasteiger partial charge in [0.2, 0.25) is 0 Å². The third-order valence-corrected chi connectivity index (χ3v) is 12.4. The summed E-state index contributed by atoms with van der Waals surface area (Å²) in [4.78, 5) is 7.67. The minimum Gasteiger partial charge on any atom is -0.302 e. The molecule has 0 saturated carbocycles. The van der Waals surface area contributed by atoms with Crippen LogP contribution in [0.4, 0.5) is 27.1 Å². The quantitative estimate of drug-likeness (QED) is 0.161. The van der Waals surface area contributed by atoms with Crippen LogP contribution in [0.1, 0.15) is 62.4 Å². The molecule has 0 fully saturated rings. The van der Waals surface area contributed by atoms with Crippen molar-refractivity contribution in [2.45, 2.75) is 60.8 Å². The summed E-state index contributed by atoms with van der Waals surface area (Å²) >= 11 is 3.77. The molecule has 2 aliphatic carbocycles. The van der Waals surface area contributed by atoms with E-state index in [1.807, 2.05) is 22.7 Å². The first-order chi connectivity index (χ1) is 22.7. The van der Waals surface area contributed by atoms with Crippen molar-refractivity contribution in [2.75, 3.05) is 9.80 Å². The van der Waals surface area contributed by atoms with Crippen molar-refractivity contribution in [1.29, 1.82) is 0 Å². The van der Waals surface area contributed by atoms with Crippen LogP contribution in [0.3, 0.4) is 0 Å². The first-order valence-corrected chi connectivity index (χ1v) is 18.5. The van der Waals surface area contributed by atoms with E-state index in [-0.39, 0.29) is 10.8 Å². The lowest BCUT2D eigenvalue weighted by atomic mass is 9.68. The predicted molar refractivity (Wildman–Crippen MR) is 206 cm³/mol. The Balaban J connectivity index is 1.25. The molecule has 1 atom stereocenters. The Hall–Kier alpha value is -4.12. The van der Waals surface area contributed by atoms with E-state index in [1.165, 1.54) is 64.8 Å². The van der Waals surface area contributed by atoms with E-state index in [9.17, 15) is 0 Å². The SMILES string of the molecule is CCc1ccc(N(C2=CC=CC(C)(C(C)(C)C)C=C2)c2ccc3c(c2)Cc2cc(N(c4ccccc4)c4ccc(CC)s4)ccc2-3)s1. The number of fused-ring (bicyclic) bond motifs is 3. The Morgan fingerprint density at radius 2 is 1.23 bits per heavy atom. The fraction of sp³-hybridized carbons (Fsp3) is 0.256. The van der Waals surface area contributed by atoms with Gasteiger partial charge in [0.1, 0.15) is 10.0 Å². The molecule has 2 heterocycles. The van der Waals surface area contributed by atoms with Crippen molar-refractivity contribution in [3.05, 3.63) is 148 Å². The molecule has 4 heteroatoms. The summed E-state index contributed by atoms with van der Waals surface area (Å²) in [6.45, 7) is 13.8. The van der Waals surface area contributed by atoms with E-state index in [0.717, 1.165) is 19.3 Å². The summed E-state index contributed by atoms with van der Waals surface area (Å²) in [5, 5.41) is 2.51. The molecule has 0 N–H and O–H groups in total. The van der Waals surface area contributed by atoms with Crippen LogP contribution in [0.15, 0.2) is 127 Å². The van der Waals surface area contributed by atoms with Crippen LogP contribution in [0.2, 0.25) is 0 Å². The molecule has 238 valence electrons. The number of aryl methyl sites for hydroxylation is 2. The van der Waals surface area contributed by atoms with Gasteiger partial charge < -0.3 is 9.80 Å². The molecule has 1 unspecified atom stereocenters. The molecule has 0 amide bonds. The predicted octanol–water partition coefficient (Wildman–Crippen LogP) is 13.2. The number of rotatable bonds is 8. The average Bonchev–Trinajstić information content (AvgIpc) is 3.79. The second-order valence-corrected chi connectivity index (χ2v) is 16.2. The summed E-state index contributed by atoms with van der Waals surface area (Å²) in [7, 11) is 0. The van der Waals surface area contributed by atoms with Gasteiger partial charge in [0.25, 0.3) is 0 Å². The monoisotopic (exact) mass is 652 g/mol. The van der Waals surface area contributed by atoms with Gasteiger partial charge in [0.15, 0.2) is 0 Å². The highest BCUT2D eigenvalue weighted by Gasteiger charge is 2.33. The summed E-state index contributed by atoms with van der Waals surface area (Å²) in [5.74, 6) is 0. The standard InChI is InChI=1S/C43H44N2S2/c1-7-36-18-22-40(46-36)44(32-13-10-9-11-14-32)34-16-20-38-30(28-34)27-31-29-35(17-21-39(31)38)45(41-23-19-37(8-2)47-41)33-15-12-25-43(6,26-24-33)42(3,4)5/h9-26,28-29H,7-8,27H2,1-6H3. The van der Waals surface area contributed by atoms with Crippen molar-refractivity contribution in [1.82, 2.24) is 0 Å². The van der Waals surface area contributed by atoms with E-state index < -0.39 is 0 Å². The number of allylic oxidation sites excluding steroid dienone is 5. The van der Waals surface area contributed by atoms with Crippen molar-refractivity contribution in [2.24, 2.45) is 10.8 Å². The van der Waals surface area contributed by atoms with Crippen LogP contribution >= 0.6 is 22.7 Å². The summed E-state index contributed by atoms with van der Waals surface area (Å²) in [5.41, 5.74) is 10.3. The maximum Gasteiger partial charge on any atom is 0.100 e. The minimum absolute atomic E-state index is 0.0346. The molecule has 0 spiro atoms. The lowest BCUT2D eigenvalue weighted by Gasteiger charge is -2.37. The zero-order valence-corrected chi connectivity index (χ0v) is 30.0. The molecule has 5 aromatic rings. The Labute approximate surface area is 289 Å². The highest BCUT2D eigenvalue weighted by molar-refractivity contribution is 7.16. The van der Waals surface area contributed by atoms with Gasteiger partial charge in [0.05, 0.1) is 0 Å². The topological polar surface area (TPSA) is 6.48 Å². The van der Waals surface area contributed by atoms with Gasteiger partial charge in [-0.25, -0.2) is 0 Å². The van der Waals surface area contributed by atoms with Gasteiger partial charge in [-0.2, -0.15) is 0 Å². The largest absolute Gasteiger partial charge is 0.302 e. The minimum atomic E-state index is -0.0346. The number of thiophene rings is 2. The van der Waals surface area contributed by atoms with Gasteiger partial charge in [-0.15, -0.1) is 22.7 Å². The summed E-state index contributed by atoms with van der Waals surface area (Å²) in [6, 6.07) is 34.0. The fourth-order valence-electron chi connectivity index (χ4n) is 6.56. The van der Waals surface area contributed by atoms with Crippen molar-refractivity contribution in [3.63, 3.8) is 0 Å². The second-order valence-electron chi connectivity index (χ2n) is 13.9. The number of para-hydroxylation sites is 1. The highest BCUT2D eigenvalue weighted by atomic mass is 32.1. The van der Waals surface area contributed by atoms with Crippen LogP contribution in [-0.2, 0) is 19.3 Å². The van der Waals surface area contributed by atoms with E-state index >= 15 is 0 Å². The number of hydrogen-bond donors (Lipinski definition) is 0. The highest BCUT2D eigenvalue weighted by Crippen LogP contribution is 2.47. The Kier molecular flexibility index (Phi) is 8.36. The Bertz CT molecular complexity index is 2000. The second kappa shape index (κ2) is 12.5. The maximum atomic E-state index is 2.45. The molecule has 2 aromatic heterocycles. The number of nitrogens with zero attached hydrogens (tertiary/aromatic N) is 2. The zero-order valence-electron chi connectivity index (χ0n) is 28.4. The molecule has 7 rings (SSSR count). The molecular formula is C43H44N2S2. The molecule has 0 bridgehead atoms. The summed E-state index contributed by atoms with van der Waals surface area (Å²) in [6.07, 6.45) is 14.6. The van der Waals surface area contributed by atoms with Gasteiger partial charge in [-0.05, 0) is 120 Å².